The molecule has 0 aliphatic carbocycles. The zero-order valence-electron chi connectivity index (χ0n) is 17.1. The van der Waals surface area contributed by atoms with Gasteiger partial charge in [0.05, 0.1) is 5.75 Å². The molecule has 0 radical (unpaired) electrons. The Hall–Kier alpha value is -1.40. The number of halogens is 3. The van der Waals surface area contributed by atoms with Gasteiger partial charge in [-0.05, 0) is 50.6 Å². The van der Waals surface area contributed by atoms with Crippen LogP contribution in [-0.4, -0.2) is 34.6 Å². The van der Waals surface area contributed by atoms with Gasteiger partial charge in [0.25, 0.3) is 0 Å². The van der Waals surface area contributed by atoms with E-state index in [4.69, 9.17) is 34.8 Å². The fourth-order valence-corrected chi connectivity index (χ4v) is 4.39. The predicted octanol–water partition coefficient (Wildman–Crippen LogP) is 5.82. The van der Waals surface area contributed by atoms with Crippen LogP contribution >= 0.6 is 46.6 Å². The lowest BCUT2D eigenvalue weighted by molar-refractivity contribution is -0.138. The summed E-state index contributed by atoms with van der Waals surface area (Å²) in [4.78, 5) is 27.2. The van der Waals surface area contributed by atoms with E-state index in [0.717, 1.165) is 5.56 Å². The SMILES string of the molecule is CC(C)NC(=O)C(C)N(Cc1c(Cl)cccc1Cl)C(=O)CSCc1cccc(Cl)c1. The van der Waals surface area contributed by atoms with Gasteiger partial charge < -0.3 is 10.2 Å². The van der Waals surface area contributed by atoms with Gasteiger partial charge in [0.2, 0.25) is 11.8 Å². The van der Waals surface area contributed by atoms with Gasteiger partial charge in [-0.2, -0.15) is 0 Å². The van der Waals surface area contributed by atoms with Gasteiger partial charge in [0.1, 0.15) is 6.04 Å². The molecule has 162 valence electrons. The van der Waals surface area contributed by atoms with Gasteiger partial charge in [0, 0.05) is 39.0 Å². The van der Waals surface area contributed by atoms with Crippen LogP contribution in [0.15, 0.2) is 42.5 Å². The Morgan fingerprint density at radius 1 is 1.03 bits per heavy atom. The molecule has 0 saturated carbocycles. The fraction of sp³-hybridized carbons (Fsp3) is 0.364. The van der Waals surface area contributed by atoms with Crippen molar-refractivity contribution in [3.63, 3.8) is 0 Å². The highest BCUT2D eigenvalue weighted by Crippen LogP contribution is 2.27. The first-order valence-electron chi connectivity index (χ1n) is 9.54. The van der Waals surface area contributed by atoms with Gasteiger partial charge in [-0.25, -0.2) is 0 Å². The van der Waals surface area contributed by atoms with Gasteiger partial charge in [-0.15, -0.1) is 11.8 Å². The number of carbonyl (C=O) groups excluding carboxylic acids is 2. The Labute approximate surface area is 197 Å². The van der Waals surface area contributed by atoms with Crippen molar-refractivity contribution in [1.82, 2.24) is 10.2 Å². The minimum Gasteiger partial charge on any atom is -0.352 e. The molecule has 1 atom stereocenters. The summed E-state index contributed by atoms with van der Waals surface area (Å²) in [6.07, 6.45) is 0. The molecule has 0 heterocycles. The number of nitrogens with zero attached hydrogens (tertiary/aromatic N) is 1. The highest BCUT2D eigenvalue weighted by molar-refractivity contribution is 7.99. The Balaban J connectivity index is 2.14. The van der Waals surface area contributed by atoms with Crippen LogP contribution in [0.1, 0.15) is 31.9 Å². The van der Waals surface area contributed by atoms with Gasteiger partial charge in [-0.3, -0.25) is 9.59 Å². The highest BCUT2D eigenvalue weighted by Gasteiger charge is 2.27. The number of amides is 2. The van der Waals surface area contributed by atoms with Crippen molar-refractivity contribution in [3.8, 4) is 0 Å². The van der Waals surface area contributed by atoms with E-state index in [1.807, 2.05) is 38.1 Å². The van der Waals surface area contributed by atoms with E-state index < -0.39 is 6.04 Å². The molecule has 1 unspecified atom stereocenters. The molecule has 30 heavy (non-hydrogen) atoms. The maximum Gasteiger partial charge on any atom is 0.242 e. The quantitative estimate of drug-likeness (QED) is 0.485. The zero-order valence-corrected chi connectivity index (χ0v) is 20.2. The highest BCUT2D eigenvalue weighted by atomic mass is 35.5. The smallest absolute Gasteiger partial charge is 0.242 e. The minimum atomic E-state index is -0.668. The molecule has 4 nitrogen and oxygen atoms in total. The number of carbonyl (C=O) groups is 2. The van der Waals surface area contributed by atoms with E-state index in [1.54, 1.807) is 25.1 Å². The third-order valence-electron chi connectivity index (χ3n) is 4.37. The molecule has 0 aliphatic rings. The van der Waals surface area contributed by atoms with E-state index in [1.165, 1.54) is 16.7 Å². The fourth-order valence-electron chi connectivity index (χ4n) is 2.81. The van der Waals surface area contributed by atoms with Crippen LogP contribution in [0.2, 0.25) is 15.1 Å². The van der Waals surface area contributed by atoms with Crippen molar-refractivity contribution in [2.24, 2.45) is 0 Å². The Kier molecular flexibility index (Phi) is 9.82. The second-order valence-corrected chi connectivity index (χ2v) is 9.42. The summed E-state index contributed by atoms with van der Waals surface area (Å²) in [5.74, 6) is 0.471. The van der Waals surface area contributed by atoms with Crippen molar-refractivity contribution in [1.29, 1.82) is 0 Å². The first kappa shape index (κ1) is 24.9. The lowest BCUT2D eigenvalue weighted by Crippen LogP contribution is -2.49. The molecule has 0 saturated heterocycles. The van der Waals surface area contributed by atoms with E-state index >= 15 is 0 Å². The van der Waals surface area contributed by atoms with Crippen molar-refractivity contribution in [2.75, 3.05) is 5.75 Å². The largest absolute Gasteiger partial charge is 0.352 e. The zero-order chi connectivity index (χ0) is 22.3. The van der Waals surface area contributed by atoms with Crippen molar-refractivity contribution >= 4 is 58.4 Å². The topological polar surface area (TPSA) is 49.4 Å². The van der Waals surface area contributed by atoms with Crippen LogP contribution < -0.4 is 5.32 Å². The summed E-state index contributed by atoms with van der Waals surface area (Å²) in [7, 11) is 0. The third kappa shape index (κ3) is 7.38. The Morgan fingerprint density at radius 2 is 1.67 bits per heavy atom. The summed E-state index contributed by atoms with van der Waals surface area (Å²) >= 11 is 20.1. The van der Waals surface area contributed by atoms with Crippen molar-refractivity contribution < 1.29 is 9.59 Å². The standard InChI is InChI=1S/C22H25Cl3N2O2S/c1-14(2)26-22(29)15(3)27(11-18-19(24)8-5-9-20(18)25)21(28)13-30-12-16-6-4-7-17(23)10-16/h4-10,14-15H,11-13H2,1-3H3,(H,26,29). The number of hydrogen-bond donors (Lipinski definition) is 1. The lowest BCUT2D eigenvalue weighted by atomic mass is 10.1. The molecular formula is C22H25Cl3N2O2S. The minimum absolute atomic E-state index is 0.0296. The van der Waals surface area contributed by atoms with Gasteiger partial charge in [-0.1, -0.05) is 53.0 Å². The first-order chi connectivity index (χ1) is 14.2. The Bertz CT molecular complexity index is 872. The molecule has 0 aliphatic heterocycles. The summed E-state index contributed by atoms with van der Waals surface area (Å²) in [6, 6.07) is 12.0. The molecule has 0 bridgehead atoms. The molecule has 2 aromatic rings. The number of hydrogen-bond acceptors (Lipinski definition) is 3. The molecular weight excluding hydrogens is 463 g/mol. The molecule has 2 aromatic carbocycles. The average molecular weight is 488 g/mol. The molecule has 8 heteroatoms. The maximum absolute atomic E-state index is 13.1. The molecule has 0 aromatic heterocycles. The summed E-state index contributed by atoms with van der Waals surface area (Å²) in [6.45, 7) is 5.62. The molecule has 2 amide bonds. The van der Waals surface area contributed by atoms with Crippen LogP contribution in [0.5, 0.6) is 0 Å². The number of nitrogens with one attached hydrogen (secondary N) is 1. The molecule has 0 fully saturated rings. The van der Waals surface area contributed by atoms with Crippen LogP contribution in [0.25, 0.3) is 0 Å². The Morgan fingerprint density at radius 3 is 2.27 bits per heavy atom. The number of benzene rings is 2. The molecule has 0 spiro atoms. The van der Waals surface area contributed by atoms with Crippen molar-refractivity contribution in [2.45, 2.75) is 45.2 Å². The first-order valence-corrected chi connectivity index (χ1v) is 11.8. The predicted molar refractivity (Wildman–Crippen MR) is 127 cm³/mol. The van der Waals surface area contributed by atoms with Crippen molar-refractivity contribution in [3.05, 3.63) is 68.7 Å². The summed E-state index contributed by atoms with van der Waals surface area (Å²) in [5.41, 5.74) is 1.66. The lowest BCUT2D eigenvalue weighted by Gasteiger charge is -2.30. The van der Waals surface area contributed by atoms with E-state index in [9.17, 15) is 9.59 Å². The van der Waals surface area contributed by atoms with E-state index in [-0.39, 0.29) is 30.2 Å². The molecule has 2 rings (SSSR count). The second-order valence-electron chi connectivity index (χ2n) is 7.18. The molecule has 1 N–H and O–H groups in total. The monoisotopic (exact) mass is 486 g/mol. The number of thioether (sulfide) groups is 1. The second kappa shape index (κ2) is 11.8. The van der Waals surface area contributed by atoms with E-state index in [0.29, 0.717) is 26.4 Å². The van der Waals surface area contributed by atoms with E-state index in [2.05, 4.69) is 5.32 Å². The normalized spacial score (nSPS) is 12.0. The van der Waals surface area contributed by atoms with Gasteiger partial charge >= 0.3 is 0 Å². The van der Waals surface area contributed by atoms with Crippen LogP contribution in [-0.2, 0) is 21.9 Å². The number of rotatable bonds is 9. The van der Waals surface area contributed by atoms with Crippen LogP contribution in [0, 0.1) is 0 Å². The maximum atomic E-state index is 13.1. The van der Waals surface area contributed by atoms with Crippen LogP contribution in [0.3, 0.4) is 0 Å². The summed E-state index contributed by atoms with van der Waals surface area (Å²) < 4.78 is 0. The van der Waals surface area contributed by atoms with Crippen LogP contribution in [0.4, 0.5) is 0 Å². The third-order valence-corrected chi connectivity index (χ3v) is 6.30. The van der Waals surface area contributed by atoms with Gasteiger partial charge in [0.15, 0.2) is 0 Å². The summed E-state index contributed by atoms with van der Waals surface area (Å²) in [5, 5.41) is 4.44. The average Bonchev–Trinajstić information content (AvgIpc) is 2.66.